The van der Waals surface area contributed by atoms with Crippen LogP contribution in [0, 0.1) is 45.3 Å². The molecule has 3 aliphatic heterocycles. The fraction of sp³-hybridized carbons (Fsp3) is 1.00. The van der Waals surface area contributed by atoms with E-state index in [0.717, 1.165) is 71.2 Å². The average molecular weight is 764 g/mol. The minimum absolute atomic E-state index is 0.0239. The smallest absolute Gasteiger partial charge is 0.389 e. The third-order valence-corrected chi connectivity index (χ3v) is 17.7. The van der Waals surface area contributed by atoms with E-state index in [1.54, 1.807) is 4.72 Å². The maximum absolute atomic E-state index is 13.5. The SMILES string of the molecule is C[C@@H]1CC([C@H](NS(=O)(=O)C(F)(F)F)C(C)(C)O)O[C@H]2[C@H]1C1(C)CC[C@@]34CC35CC[C@H](OC3CN(C6COC6)CCO3)C(C)(C)[C@@H]5CCC4[C@]1(N)[C@H]2O. The number of fused-ring (bicyclic) bond motifs is 4. The number of rotatable bonds is 7. The maximum Gasteiger partial charge on any atom is 0.511 e. The number of morpholine rings is 1. The first-order valence-corrected chi connectivity index (χ1v) is 21.0. The van der Waals surface area contributed by atoms with Gasteiger partial charge in [-0.1, -0.05) is 27.7 Å². The van der Waals surface area contributed by atoms with Crippen molar-refractivity contribution in [2.45, 2.75) is 152 Å². The molecule has 8 aliphatic rings. The topological polar surface area (TPSA) is 153 Å². The molecule has 5 N–H and O–H groups in total. The summed E-state index contributed by atoms with van der Waals surface area (Å²) in [5.74, 6) is 0.121. The van der Waals surface area contributed by atoms with Gasteiger partial charge < -0.3 is 34.9 Å². The lowest BCUT2D eigenvalue weighted by atomic mass is 9.43. The first-order valence-electron chi connectivity index (χ1n) is 19.6. The largest absolute Gasteiger partial charge is 0.511 e. The van der Waals surface area contributed by atoms with Crippen molar-refractivity contribution in [1.29, 1.82) is 0 Å². The predicted molar refractivity (Wildman–Crippen MR) is 184 cm³/mol. The molecular formula is C37H60F3N3O8S. The van der Waals surface area contributed by atoms with E-state index in [1.807, 2.05) is 6.92 Å². The Kier molecular flexibility index (Phi) is 8.79. The molecule has 0 amide bonds. The Morgan fingerprint density at radius 3 is 2.35 bits per heavy atom. The van der Waals surface area contributed by atoms with Gasteiger partial charge >= 0.3 is 15.5 Å². The first kappa shape index (κ1) is 38.3. The number of nitrogens with one attached hydrogen (secondary N) is 1. The highest BCUT2D eigenvalue weighted by Gasteiger charge is 2.85. The lowest BCUT2D eigenvalue weighted by molar-refractivity contribution is -0.254. The predicted octanol–water partition coefficient (Wildman–Crippen LogP) is 3.51. The van der Waals surface area contributed by atoms with E-state index in [9.17, 15) is 31.8 Å². The number of nitrogens with zero attached hydrogens (tertiary/aromatic N) is 1. The Bertz CT molecular complexity index is 1530. The molecule has 0 radical (unpaired) electrons. The fourth-order valence-electron chi connectivity index (χ4n) is 14.0. The maximum atomic E-state index is 13.5. The van der Waals surface area contributed by atoms with E-state index in [4.69, 9.17) is 24.7 Å². The molecule has 5 unspecified atom stereocenters. The molecule has 3 heterocycles. The van der Waals surface area contributed by atoms with Gasteiger partial charge in [-0.25, -0.2) is 8.42 Å². The van der Waals surface area contributed by atoms with Gasteiger partial charge in [-0.15, -0.1) is 0 Å². The third kappa shape index (κ3) is 5.18. The van der Waals surface area contributed by atoms with Crippen molar-refractivity contribution in [2.24, 2.45) is 51.1 Å². The van der Waals surface area contributed by atoms with Crippen molar-refractivity contribution >= 4 is 10.0 Å². The summed E-state index contributed by atoms with van der Waals surface area (Å²) >= 11 is 0. The van der Waals surface area contributed by atoms with Crippen LogP contribution in [0.15, 0.2) is 0 Å². The molecule has 5 aliphatic carbocycles. The van der Waals surface area contributed by atoms with Crippen molar-refractivity contribution in [3.05, 3.63) is 0 Å². The molecule has 8 fully saturated rings. The number of alkyl halides is 3. The second-order valence-corrected chi connectivity index (χ2v) is 21.2. The van der Waals surface area contributed by atoms with E-state index in [-0.39, 0.29) is 52.8 Å². The summed E-state index contributed by atoms with van der Waals surface area (Å²) in [6.45, 7) is 15.3. The van der Waals surface area contributed by atoms with Crippen LogP contribution in [0.25, 0.3) is 0 Å². The molecule has 11 nitrogen and oxygen atoms in total. The van der Waals surface area contributed by atoms with Crippen LogP contribution in [0.5, 0.6) is 0 Å². The summed E-state index contributed by atoms with van der Waals surface area (Å²) in [7, 11) is -5.78. The van der Waals surface area contributed by atoms with Crippen molar-refractivity contribution < 1.29 is 50.7 Å². The lowest BCUT2D eigenvalue weighted by Gasteiger charge is -2.63. The lowest BCUT2D eigenvalue weighted by Crippen LogP contribution is -2.70. The number of halogens is 3. The fourth-order valence-corrected chi connectivity index (χ4v) is 14.9. The van der Waals surface area contributed by atoms with Crippen LogP contribution >= 0.6 is 0 Å². The Morgan fingerprint density at radius 1 is 1.04 bits per heavy atom. The van der Waals surface area contributed by atoms with Crippen molar-refractivity contribution in [2.75, 3.05) is 32.9 Å². The highest BCUT2D eigenvalue weighted by Crippen LogP contribution is 2.87. The van der Waals surface area contributed by atoms with E-state index in [0.29, 0.717) is 18.6 Å². The number of ether oxygens (including phenoxy) is 4. The molecule has 0 bridgehead atoms. The van der Waals surface area contributed by atoms with Gasteiger partial charge in [0.15, 0.2) is 6.29 Å². The van der Waals surface area contributed by atoms with Gasteiger partial charge in [0.05, 0.1) is 74.0 Å². The zero-order valence-electron chi connectivity index (χ0n) is 31.5. The Labute approximate surface area is 306 Å². The highest BCUT2D eigenvalue weighted by molar-refractivity contribution is 7.90. The summed E-state index contributed by atoms with van der Waals surface area (Å²) in [6.07, 6.45) is 3.64. The number of hydrogen-bond acceptors (Lipinski definition) is 10. The first-order chi connectivity index (χ1) is 24.0. The van der Waals surface area contributed by atoms with Crippen LogP contribution in [0.3, 0.4) is 0 Å². The molecule has 5 saturated carbocycles. The summed E-state index contributed by atoms with van der Waals surface area (Å²) in [5.41, 5.74) is -1.28. The van der Waals surface area contributed by atoms with Crippen LogP contribution in [0.1, 0.15) is 92.9 Å². The summed E-state index contributed by atoms with van der Waals surface area (Å²) < 4.78 is 91.7. The van der Waals surface area contributed by atoms with Crippen molar-refractivity contribution in [3.8, 4) is 0 Å². The van der Waals surface area contributed by atoms with E-state index in [1.165, 1.54) is 13.8 Å². The number of hydrogen-bond donors (Lipinski definition) is 4. The summed E-state index contributed by atoms with van der Waals surface area (Å²) in [6, 6.07) is -1.15. The second kappa shape index (κ2) is 12.0. The summed E-state index contributed by atoms with van der Waals surface area (Å²) in [4.78, 5) is 2.43. The highest BCUT2D eigenvalue weighted by atomic mass is 32.2. The molecular weight excluding hydrogens is 703 g/mol. The number of aliphatic hydroxyl groups is 2. The van der Waals surface area contributed by atoms with Crippen LogP contribution < -0.4 is 10.5 Å². The van der Waals surface area contributed by atoms with E-state index < -0.39 is 56.4 Å². The molecule has 2 spiro atoms. The van der Waals surface area contributed by atoms with Gasteiger partial charge in [-0.2, -0.15) is 17.9 Å². The van der Waals surface area contributed by atoms with Crippen LogP contribution in [0.2, 0.25) is 0 Å². The van der Waals surface area contributed by atoms with Crippen LogP contribution in [-0.2, 0) is 29.0 Å². The number of nitrogens with two attached hydrogens (primary N) is 1. The normalized spacial score (nSPS) is 49.8. The summed E-state index contributed by atoms with van der Waals surface area (Å²) in [5, 5.41) is 23.4. The van der Waals surface area contributed by atoms with Crippen molar-refractivity contribution in [1.82, 2.24) is 9.62 Å². The average Bonchev–Trinajstić information content (AvgIpc) is 3.64. The molecule has 8 rings (SSSR count). The standard InChI is InChI=1S/C37H60F3N3O8S/c1-20-15-22(29(32(4,5)45)42-52(46,47)37(38,39)40)50-28-27(20)33(6)11-12-35-19-34(35)10-9-25(51-26-16-43(13-14-49-26)21-17-48-18-21)31(2,3)23(34)7-8-24(35)36(33,41)30(28)44/h20-30,42,44-45H,7-19,41H2,1-6H3/t20-,22?,23+,24?,25+,26?,27+,28+,29+,30+,33?,34?,35+,36+/m1/s1. The number of sulfonamides is 1. The van der Waals surface area contributed by atoms with Gasteiger partial charge in [0, 0.05) is 6.54 Å². The van der Waals surface area contributed by atoms with Crippen LogP contribution in [-0.4, -0.2) is 116 Å². The van der Waals surface area contributed by atoms with E-state index in [2.05, 4.69) is 25.7 Å². The van der Waals surface area contributed by atoms with Crippen LogP contribution in [0.4, 0.5) is 13.2 Å². The van der Waals surface area contributed by atoms with Gasteiger partial charge in [0.25, 0.3) is 0 Å². The van der Waals surface area contributed by atoms with Gasteiger partial charge in [0.1, 0.15) is 0 Å². The Hall–Kier alpha value is -0.620. The molecule has 15 heteroatoms. The molecule has 3 saturated heterocycles. The second-order valence-electron chi connectivity index (χ2n) is 19.5. The zero-order chi connectivity index (χ0) is 37.7. The number of aliphatic hydroxyl groups excluding tert-OH is 1. The quantitative estimate of drug-likeness (QED) is 0.303. The molecule has 0 aromatic rings. The Morgan fingerprint density at radius 2 is 1.71 bits per heavy atom. The third-order valence-electron chi connectivity index (χ3n) is 16.5. The van der Waals surface area contributed by atoms with Gasteiger partial charge in [-0.05, 0) is 111 Å². The molecule has 0 aromatic heterocycles. The van der Waals surface area contributed by atoms with Gasteiger partial charge in [0.2, 0.25) is 0 Å². The molecule has 14 atom stereocenters. The Balaban J connectivity index is 1.03. The molecule has 0 aromatic carbocycles. The molecule has 52 heavy (non-hydrogen) atoms. The van der Waals surface area contributed by atoms with E-state index >= 15 is 0 Å². The van der Waals surface area contributed by atoms with Crippen molar-refractivity contribution in [3.63, 3.8) is 0 Å². The minimum atomic E-state index is -5.78. The molecule has 298 valence electrons. The monoisotopic (exact) mass is 763 g/mol. The minimum Gasteiger partial charge on any atom is -0.389 e. The zero-order valence-corrected chi connectivity index (χ0v) is 32.3. The van der Waals surface area contributed by atoms with Gasteiger partial charge in [-0.3, -0.25) is 4.90 Å².